The Morgan fingerprint density at radius 2 is 2.26 bits per heavy atom. The number of H-pyrrole nitrogens is 1. The summed E-state index contributed by atoms with van der Waals surface area (Å²) in [5.41, 5.74) is 0.0113. The van der Waals surface area contributed by atoms with Gasteiger partial charge in [-0.05, 0) is 35.0 Å². The zero-order chi connectivity index (χ0) is 14.0. The van der Waals surface area contributed by atoms with Crippen LogP contribution in [0.25, 0.3) is 0 Å². The van der Waals surface area contributed by atoms with Gasteiger partial charge in [0, 0.05) is 11.5 Å². The molecule has 7 heteroatoms. The van der Waals surface area contributed by atoms with Crippen LogP contribution >= 0.6 is 15.9 Å². The van der Waals surface area contributed by atoms with Crippen LogP contribution in [0.1, 0.15) is 22.0 Å². The molecule has 1 amide bonds. The number of amides is 1. The molecule has 0 radical (unpaired) electrons. The number of nitrogens with zero attached hydrogens (tertiary/aromatic N) is 3. The Balaban J connectivity index is 2.19. The minimum absolute atomic E-state index is 0.0113. The molecule has 19 heavy (non-hydrogen) atoms. The molecule has 0 aliphatic rings. The number of rotatable bonds is 3. The summed E-state index contributed by atoms with van der Waals surface area (Å²) in [6.07, 6.45) is 0. The lowest BCUT2D eigenvalue weighted by Crippen LogP contribution is -2.28. The summed E-state index contributed by atoms with van der Waals surface area (Å²) in [5.74, 6) is 0.175. The Morgan fingerprint density at radius 3 is 2.84 bits per heavy atom. The van der Waals surface area contributed by atoms with Crippen molar-refractivity contribution in [1.82, 2.24) is 20.1 Å². The van der Waals surface area contributed by atoms with Crippen LogP contribution in [0.15, 0.2) is 22.7 Å². The van der Waals surface area contributed by atoms with E-state index >= 15 is 0 Å². The molecule has 0 spiro atoms. The Morgan fingerprint density at radius 1 is 1.53 bits per heavy atom. The van der Waals surface area contributed by atoms with Gasteiger partial charge in [0.15, 0.2) is 5.82 Å². The number of hydrogen-bond donors (Lipinski definition) is 1. The summed E-state index contributed by atoms with van der Waals surface area (Å²) >= 11 is 3.18. The normalized spacial score (nSPS) is 10.5. The number of hydrogen-bond acceptors (Lipinski definition) is 3. The molecule has 100 valence electrons. The lowest BCUT2D eigenvalue weighted by Gasteiger charge is -2.16. The Bertz CT molecular complexity index is 593. The van der Waals surface area contributed by atoms with Crippen LogP contribution in [0.5, 0.6) is 0 Å². The average Bonchev–Trinajstić information content (AvgIpc) is 2.74. The lowest BCUT2D eigenvalue weighted by atomic mass is 10.2. The number of halogens is 2. The number of aryl methyl sites for hydroxylation is 1. The van der Waals surface area contributed by atoms with Crippen molar-refractivity contribution in [1.29, 1.82) is 0 Å². The number of aromatic nitrogens is 3. The SMILES string of the molecule is Cc1nc(CN(C)C(=O)c2c(F)cccc2Br)n[nH]1. The molecular formula is C12H12BrFN4O. The van der Waals surface area contributed by atoms with E-state index in [1.165, 1.54) is 17.0 Å². The molecule has 0 atom stereocenters. The maximum Gasteiger partial charge on any atom is 0.258 e. The van der Waals surface area contributed by atoms with Crippen LogP contribution in [-0.2, 0) is 6.54 Å². The smallest absolute Gasteiger partial charge is 0.258 e. The van der Waals surface area contributed by atoms with Gasteiger partial charge in [-0.1, -0.05) is 6.07 Å². The minimum atomic E-state index is -0.558. The molecule has 1 heterocycles. The van der Waals surface area contributed by atoms with E-state index in [0.717, 1.165) is 0 Å². The summed E-state index contributed by atoms with van der Waals surface area (Å²) < 4.78 is 14.1. The largest absolute Gasteiger partial charge is 0.334 e. The second kappa shape index (κ2) is 5.48. The Hall–Kier alpha value is -1.76. The molecular weight excluding hydrogens is 315 g/mol. The molecule has 1 aromatic heterocycles. The molecule has 0 aliphatic carbocycles. The van der Waals surface area contributed by atoms with E-state index in [-0.39, 0.29) is 12.1 Å². The molecule has 0 bridgehead atoms. The predicted octanol–water partition coefficient (Wildman–Crippen LogP) is 2.29. The Kier molecular flexibility index (Phi) is 3.94. The van der Waals surface area contributed by atoms with Crippen LogP contribution in [0, 0.1) is 12.7 Å². The predicted molar refractivity (Wildman–Crippen MR) is 71.0 cm³/mol. The second-order valence-electron chi connectivity index (χ2n) is 4.09. The van der Waals surface area contributed by atoms with Gasteiger partial charge in [0.05, 0.1) is 12.1 Å². The van der Waals surface area contributed by atoms with Crippen molar-refractivity contribution >= 4 is 21.8 Å². The molecule has 0 saturated heterocycles. The third-order valence-corrected chi connectivity index (χ3v) is 3.21. The van der Waals surface area contributed by atoms with Gasteiger partial charge >= 0.3 is 0 Å². The van der Waals surface area contributed by atoms with E-state index in [1.807, 2.05) is 0 Å². The summed E-state index contributed by atoms with van der Waals surface area (Å²) in [6, 6.07) is 4.42. The first-order valence-corrected chi connectivity index (χ1v) is 6.35. The van der Waals surface area contributed by atoms with E-state index in [9.17, 15) is 9.18 Å². The number of benzene rings is 1. The first-order chi connectivity index (χ1) is 8.99. The molecule has 0 saturated carbocycles. The molecule has 0 fully saturated rings. The highest BCUT2D eigenvalue weighted by atomic mass is 79.9. The van der Waals surface area contributed by atoms with Gasteiger partial charge in [-0.25, -0.2) is 9.37 Å². The van der Waals surface area contributed by atoms with Crippen molar-refractivity contribution in [3.63, 3.8) is 0 Å². The van der Waals surface area contributed by atoms with E-state index in [2.05, 4.69) is 31.1 Å². The Labute approximate surface area is 118 Å². The van der Waals surface area contributed by atoms with Gasteiger partial charge in [-0.15, -0.1) is 0 Å². The highest BCUT2D eigenvalue weighted by Gasteiger charge is 2.20. The summed E-state index contributed by atoms with van der Waals surface area (Å²) in [5, 5.41) is 6.63. The highest BCUT2D eigenvalue weighted by Crippen LogP contribution is 2.21. The summed E-state index contributed by atoms with van der Waals surface area (Å²) in [7, 11) is 1.58. The molecule has 1 aromatic carbocycles. The van der Waals surface area contributed by atoms with Crippen molar-refractivity contribution in [2.45, 2.75) is 13.5 Å². The molecule has 1 N–H and O–H groups in total. The van der Waals surface area contributed by atoms with Crippen molar-refractivity contribution in [3.05, 3.63) is 45.7 Å². The number of nitrogens with one attached hydrogen (secondary N) is 1. The van der Waals surface area contributed by atoms with Gasteiger partial charge in [0.25, 0.3) is 5.91 Å². The molecule has 5 nitrogen and oxygen atoms in total. The fourth-order valence-corrected chi connectivity index (χ4v) is 2.15. The first kappa shape index (κ1) is 13.7. The summed E-state index contributed by atoms with van der Waals surface area (Å²) in [6.45, 7) is 1.98. The summed E-state index contributed by atoms with van der Waals surface area (Å²) in [4.78, 5) is 17.7. The zero-order valence-electron chi connectivity index (χ0n) is 10.4. The molecule has 0 aliphatic heterocycles. The maximum absolute atomic E-state index is 13.7. The molecule has 2 aromatic rings. The van der Waals surface area contributed by atoms with E-state index in [0.29, 0.717) is 16.1 Å². The van der Waals surface area contributed by atoms with Crippen LogP contribution in [0.2, 0.25) is 0 Å². The van der Waals surface area contributed by atoms with Crippen molar-refractivity contribution in [3.8, 4) is 0 Å². The van der Waals surface area contributed by atoms with Gasteiger partial charge in [-0.2, -0.15) is 5.10 Å². The first-order valence-electron chi connectivity index (χ1n) is 5.56. The van der Waals surface area contributed by atoms with E-state index in [1.54, 1.807) is 20.0 Å². The van der Waals surface area contributed by atoms with Crippen LogP contribution in [0.4, 0.5) is 4.39 Å². The zero-order valence-corrected chi connectivity index (χ0v) is 12.0. The number of aromatic amines is 1. The second-order valence-corrected chi connectivity index (χ2v) is 4.95. The maximum atomic E-state index is 13.7. The van der Waals surface area contributed by atoms with Crippen molar-refractivity contribution in [2.24, 2.45) is 0 Å². The average molecular weight is 327 g/mol. The standard InChI is InChI=1S/C12H12BrFN4O/c1-7-15-10(17-16-7)6-18(2)12(19)11-8(13)4-3-5-9(11)14/h3-5H,6H2,1-2H3,(H,15,16,17). The van der Waals surface area contributed by atoms with E-state index in [4.69, 9.17) is 0 Å². The van der Waals surface area contributed by atoms with Crippen molar-refractivity contribution in [2.75, 3.05) is 7.05 Å². The monoisotopic (exact) mass is 326 g/mol. The fourth-order valence-electron chi connectivity index (χ4n) is 1.64. The van der Waals surface area contributed by atoms with Gasteiger partial charge in [0.2, 0.25) is 0 Å². The molecule has 0 unspecified atom stereocenters. The number of carbonyl (C=O) groups is 1. The van der Waals surface area contributed by atoms with Gasteiger partial charge in [0.1, 0.15) is 11.6 Å². The minimum Gasteiger partial charge on any atom is -0.334 e. The van der Waals surface area contributed by atoms with Crippen LogP contribution in [0.3, 0.4) is 0 Å². The lowest BCUT2D eigenvalue weighted by molar-refractivity contribution is 0.0776. The third-order valence-electron chi connectivity index (χ3n) is 2.55. The van der Waals surface area contributed by atoms with Crippen LogP contribution < -0.4 is 0 Å². The van der Waals surface area contributed by atoms with Crippen molar-refractivity contribution < 1.29 is 9.18 Å². The van der Waals surface area contributed by atoms with Crippen LogP contribution in [-0.4, -0.2) is 33.0 Å². The van der Waals surface area contributed by atoms with Gasteiger partial charge < -0.3 is 4.90 Å². The third kappa shape index (κ3) is 2.98. The fraction of sp³-hybridized carbons (Fsp3) is 0.250. The topological polar surface area (TPSA) is 61.9 Å². The van der Waals surface area contributed by atoms with Gasteiger partial charge in [-0.3, -0.25) is 9.89 Å². The highest BCUT2D eigenvalue weighted by molar-refractivity contribution is 9.10. The molecule has 2 rings (SSSR count). The number of carbonyl (C=O) groups excluding carboxylic acids is 1. The quantitative estimate of drug-likeness (QED) is 0.941. The van der Waals surface area contributed by atoms with E-state index < -0.39 is 11.7 Å².